The van der Waals surface area contributed by atoms with Crippen molar-refractivity contribution in [1.29, 1.82) is 0 Å². The van der Waals surface area contributed by atoms with Gasteiger partial charge in [0.2, 0.25) is 5.91 Å². The molecule has 0 saturated heterocycles. The van der Waals surface area contributed by atoms with Crippen LogP contribution in [0.2, 0.25) is 0 Å². The minimum absolute atomic E-state index is 0.0403. The molecule has 2 rings (SSSR count). The molecule has 0 aliphatic carbocycles. The van der Waals surface area contributed by atoms with E-state index in [1.165, 1.54) is 5.56 Å². The quantitative estimate of drug-likeness (QED) is 0.578. The van der Waals surface area contributed by atoms with Crippen LogP contribution in [0.1, 0.15) is 66.8 Å². The van der Waals surface area contributed by atoms with Gasteiger partial charge in [-0.25, -0.2) is 0 Å². The molecule has 160 valence electrons. The van der Waals surface area contributed by atoms with Crippen LogP contribution in [0, 0.1) is 0 Å². The molecule has 0 radical (unpaired) electrons. The molecule has 0 bridgehead atoms. The van der Waals surface area contributed by atoms with Gasteiger partial charge in [-0.1, -0.05) is 39.8 Å². The number of anilines is 1. The zero-order valence-electron chi connectivity index (χ0n) is 18.2. The van der Waals surface area contributed by atoms with E-state index in [0.29, 0.717) is 36.3 Å². The molecule has 0 heterocycles. The molecule has 6 nitrogen and oxygen atoms in total. The summed E-state index contributed by atoms with van der Waals surface area (Å²) < 4.78 is 0. The number of nitrogens with one attached hydrogen (secondary N) is 3. The molecule has 3 N–H and O–H groups in total. The maximum Gasteiger partial charge on any atom is 0.251 e. The number of carbonyl (C=O) groups is 3. The summed E-state index contributed by atoms with van der Waals surface area (Å²) in [5.41, 5.74) is 2.96. The summed E-state index contributed by atoms with van der Waals surface area (Å²) in [6.07, 6.45) is 1.25. The van der Waals surface area contributed by atoms with Gasteiger partial charge in [0.15, 0.2) is 0 Å². The Labute approximate surface area is 178 Å². The molecular formula is C24H31N3O3. The lowest BCUT2D eigenvalue weighted by atomic mass is 9.87. The average molecular weight is 410 g/mol. The normalized spacial score (nSPS) is 10.9. The smallest absolute Gasteiger partial charge is 0.251 e. The fourth-order valence-electron chi connectivity index (χ4n) is 2.83. The van der Waals surface area contributed by atoms with Crippen LogP contribution < -0.4 is 16.0 Å². The van der Waals surface area contributed by atoms with Crippen LogP contribution in [-0.2, 0) is 10.2 Å². The number of benzene rings is 2. The topological polar surface area (TPSA) is 87.3 Å². The van der Waals surface area contributed by atoms with E-state index in [1.54, 1.807) is 24.3 Å². The first-order chi connectivity index (χ1) is 14.2. The Hall–Kier alpha value is -3.15. The minimum Gasteiger partial charge on any atom is -0.350 e. The van der Waals surface area contributed by atoms with Gasteiger partial charge in [0.1, 0.15) is 0 Å². The highest BCUT2D eigenvalue weighted by Crippen LogP contribution is 2.22. The summed E-state index contributed by atoms with van der Waals surface area (Å²) >= 11 is 0. The fourth-order valence-corrected chi connectivity index (χ4v) is 2.83. The van der Waals surface area contributed by atoms with Crippen LogP contribution in [0.5, 0.6) is 0 Å². The number of hydrogen-bond acceptors (Lipinski definition) is 3. The van der Waals surface area contributed by atoms with Crippen LogP contribution in [0.3, 0.4) is 0 Å². The highest BCUT2D eigenvalue weighted by atomic mass is 16.2. The zero-order chi connectivity index (χ0) is 22.1. The standard InChI is InChI=1S/C24H31N3O3/c1-5-6-21(28)27-20-13-9-18(10-14-20)23(30)26-16-15-25-22(29)17-7-11-19(12-8-17)24(2,3)4/h7-14H,5-6,15-16H2,1-4H3,(H,25,29)(H,26,30)(H,27,28). The van der Waals surface area contributed by atoms with Gasteiger partial charge < -0.3 is 16.0 Å². The largest absolute Gasteiger partial charge is 0.350 e. The van der Waals surface area contributed by atoms with Crippen molar-refractivity contribution < 1.29 is 14.4 Å². The van der Waals surface area contributed by atoms with E-state index in [4.69, 9.17) is 0 Å². The van der Waals surface area contributed by atoms with Crippen molar-refractivity contribution in [3.8, 4) is 0 Å². The molecule has 0 aromatic heterocycles. The van der Waals surface area contributed by atoms with E-state index in [2.05, 4.69) is 36.7 Å². The highest BCUT2D eigenvalue weighted by Gasteiger charge is 2.14. The average Bonchev–Trinajstić information content (AvgIpc) is 2.71. The molecule has 0 spiro atoms. The van der Waals surface area contributed by atoms with E-state index in [9.17, 15) is 14.4 Å². The lowest BCUT2D eigenvalue weighted by Gasteiger charge is -2.19. The van der Waals surface area contributed by atoms with Gasteiger partial charge in [-0.3, -0.25) is 14.4 Å². The Morgan fingerprint density at radius 2 is 1.23 bits per heavy atom. The molecule has 0 saturated carbocycles. The molecular weight excluding hydrogens is 378 g/mol. The van der Waals surface area contributed by atoms with Gasteiger partial charge in [0, 0.05) is 36.3 Å². The van der Waals surface area contributed by atoms with Crippen molar-refractivity contribution in [2.75, 3.05) is 18.4 Å². The first kappa shape index (κ1) is 23.1. The minimum atomic E-state index is -0.231. The summed E-state index contributed by atoms with van der Waals surface area (Å²) in [5, 5.41) is 8.36. The van der Waals surface area contributed by atoms with Crippen LogP contribution in [0.25, 0.3) is 0 Å². The van der Waals surface area contributed by atoms with E-state index in [1.807, 2.05) is 31.2 Å². The van der Waals surface area contributed by atoms with Gasteiger partial charge in [0.25, 0.3) is 11.8 Å². The number of rotatable bonds is 8. The Morgan fingerprint density at radius 1 is 0.767 bits per heavy atom. The maximum atomic E-state index is 12.2. The lowest BCUT2D eigenvalue weighted by molar-refractivity contribution is -0.116. The number of amides is 3. The number of carbonyl (C=O) groups excluding carboxylic acids is 3. The van der Waals surface area contributed by atoms with E-state index in [0.717, 1.165) is 6.42 Å². The van der Waals surface area contributed by atoms with Crippen molar-refractivity contribution in [3.63, 3.8) is 0 Å². The Bertz CT molecular complexity index is 866. The number of hydrogen-bond donors (Lipinski definition) is 3. The third kappa shape index (κ3) is 7.03. The van der Waals surface area contributed by atoms with Crippen molar-refractivity contribution >= 4 is 23.4 Å². The summed E-state index contributed by atoms with van der Waals surface area (Å²) in [6, 6.07) is 14.3. The Morgan fingerprint density at radius 3 is 1.67 bits per heavy atom. The van der Waals surface area contributed by atoms with Gasteiger partial charge in [-0.2, -0.15) is 0 Å². The zero-order valence-corrected chi connectivity index (χ0v) is 18.2. The van der Waals surface area contributed by atoms with Crippen molar-refractivity contribution in [2.24, 2.45) is 0 Å². The molecule has 0 unspecified atom stereocenters. The van der Waals surface area contributed by atoms with Crippen molar-refractivity contribution in [1.82, 2.24) is 10.6 Å². The van der Waals surface area contributed by atoms with Crippen LogP contribution >= 0.6 is 0 Å². The maximum absolute atomic E-state index is 12.2. The molecule has 0 atom stereocenters. The lowest BCUT2D eigenvalue weighted by Crippen LogP contribution is -2.34. The molecule has 3 amide bonds. The molecule has 6 heteroatoms. The van der Waals surface area contributed by atoms with Gasteiger partial charge in [0.05, 0.1) is 0 Å². The molecule has 0 fully saturated rings. The van der Waals surface area contributed by atoms with Crippen LogP contribution in [0.15, 0.2) is 48.5 Å². The monoisotopic (exact) mass is 409 g/mol. The highest BCUT2D eigenvalue weighted by molar-refractivity contribution is 5.96. The van der Waals surface area contributed by atoms with Gasteiger partial charge in [-0.05, 0) is 53.8 Å². The fraction of sp³-hybridized carbons (Fsp3) is 0.375. The second-order valence-corrected chi connectivity index (χ2v) is 8.21. The second kappa shape index (κ2) is 10.6. The predicted octanol–water partition coefficient (Wildman–Crippen LogP) is 3.88. The van der Waals surface area contributed by atoms with E-state index < -0.39 is 0 Å². The van der Waals surface area contributed by atoms with Crippen LogP contribution in [-0.4, -0.2) is 30.8 Å². The van der Waals surface area contributed by atoms with Crippen molar-refractivity contribution in [3.05, 3.63) is 65.2 Å². The summed E-state index contributed by atoms with van der Waals surface area (Å²) in [4.78, 5) is 36.0. The molecule has 2 aromatic rings. The van der Waals surface area contributed by atoms with Crippen molar-refractivity contribution in [2.45, 2.75) is 46.0 Å². The predicted molar refractivity (Wildman–Crippen MR) is 120 cm³/mol. The first-order valence-electron chi connectivity index (χ1n) is 10.3. The third-order valence-electron chi connectivity index (χ3n) is 4.62. The Kier molecular flexibility index (Phi) is 8.16. The molecule has 0 aliphatic rings. The van der Waals surface area contributed by atoms with Crippen LogP contribution in [0.4, 0.5) is 5.69 Å². The summed E-state index contributed by atoms with van der Waals surface area (Å²) in [6.45, 7) is 8.97. The summed E-state index contributed by atoms with van der Waals surface area (Å²) in [7, 11) is 0. The molecule has 30 heavy (non-hydrogen) atoms. The van der Waals surface area contributed by atoms with Gasteiger partial charge in [-0.15, -0.1) is 0 Å². The summed E-state index contributed by atoms with van der Waals surface area (Å²) in [5.74, 6) is -0.444. The van der Waals surface area contributed by atoms with E-state index in [-0.39, 0.29) is 23.1 Å². The van der Waals surface area contributed by atoms with E-state index >= 15 is 0 Å². The third-order valence-corrected chi connectivity index (χ3v) is 4.62. The Balaban J connectivity index is 1.76. The second-order valence-electron chi connectivity index (χ2n) is 8.21. The molecule has 0 aliphatic heterocycles. The van der Waals surface area contributed by atoms with Gasteiger partial charge >= 0.3 is 0 Å². The first-order valence-corrected chi connectivity index (χ1v) is 10.3. The SMILES string of the molecule is CCCC(=O)Nc1ccc(C(=O)NCCNC(=O)c2ccc(C(C)(C)C)cc2)cc1. The molecule has 2 aromatic carbocycles.